The monoisotopic (exact) mass is 462 g/mol. The topological polar surface area (TPSA) is 220 Å². The number of aliphatic hydroxyl groups excluding tert-OH is 1. The largest absolute Gasteiger partial charge is 0.508 e. The van der Waals surface area contributed by atoms with Gasteiger partial charge in [0.1, 0.15) is 17.8 Å². The van der Waals surface area contributed by atoms with E-state index < -0.39 is 55.0 Å². The van der Waals surface area contributed by atoms with Crippen LogP contribution in [0.4, 0.5) is 0 Å². The van der Waals surface area contributed by atoms with Gasteiger partial charge in [-0.1, -0.05) is 12.1 Å². The molecular weight excluding hydrogens is 436 g/mol. The van der Waals surface area contributed by atoms with Gasteiger partial charge in [0.2, 0.25) is 17.7 Å². The number of hydrogen-bond acceptors (Lipinski definition) is 8. The fourth-order valence-corrected chi connectivity index (χ4v) is 2.81. The Labute approximate surface area is 188 Å². The van der Waals surface area contributed by atoms with Crippen LogP contribution in [0.3, 0.4) is 0 Å². The van der Waals surface area contributed by atoms with E-state index in [1.807, 2.05) is 0 Å². The number of carboxylic acid groups (broad SMARTS) is 1. The van der Waals surface area contributed by atoms with Crippen LogP contribution >= 0.6 is 0 Å². The lowest BCUT2D eigenvalue weighted by molar-refractivity contribution is -0.142. The molecular formula is C20H26N6O7. The van der Waals surface area contributed by atoms with Gasteiger partial charge in [-0.3, -0.25) is 14.4 Å². The molecule has 0 spiro atoms. The third kappa shape index (κ3) is 8.23. The number of amides is 3. The number of nitrogens with zero attached hydrogens (tertiary/aromatic N) is 1. The number of imidazole rings is 1. The maximum Gasteiger partial charge on any atom is 0.326 e. The molecule has 1 aromatic carbocycles. The van der Waals surface area contributed by atoms with Crippen LogP contribution < -0.4 is 21.7 Å². The minimum absolute atomic E-state index is 0.0758. The number of hydrogen-bond donors (Lipinski definition) is 8. The van der Waals surface area contributed by atoms with E-state index in [1.54, 1.807) is 12.1 Å². The average molecular weight is 462 g/mol. The smallest absolute Gasteiger partial charge is 0.326 e. The fraction of sp³-hybridized carbons (Fsp3) is 0.350. The number of aliphatic carboxylic acids is 1. The van der Waals surface area contributed by atoms with Gasteiger partial charge in [0.15, 0.2) is 0 Å². The van der Waals surface area contributed by atoms with Crippen LogP contribution in [0.2, 0.25) is 0 Å². The maximum absolute atomic E-state index is 12.3. The van der Waals surface area contributed by atoms with Crippen molar-refractivity contribution in [3.63, 3.8) is 0 Å². The van der Waals surface area contributed by atoms with E-state index in [4.69, 9.17) is 5.73 Å². The number of phenols is 1. The van der Waals surface area contributed by atoms with Gasteiger partial charge < -0.3 is 42.0 Å². The Morgan fingerprint density at radius 2 is 1.73 bits per heavy atom. The van der Waals surface area contributed by atoms with Crippen LogP contribution in [0.5, 0.6) is 5.75 Å². The molecule has 0 aliphatic carbocycles. The third-order valence-corrected chi connectivity index (χ3v) is 4.58. The number of benzene rings is 1. The Morgan fingerprint density at radius 3 is 2.30 bits per heavy atom. The van der Waals surface area contributed by atoms with Crippen LogP contribution in [0.1, 0.15) is 11.3 Å². The number of carboxylic acids is 1. The summed E-state index contributed by atoms with van der Waals surface area (Å²) < 4.78 is 0. The summed E-state index contributed by atoms with van der Waals surface area (Å²) in [5.74, 6) is -3.54. The van der Waals surface area contributed by atoms with Crippen molar-refractivity contribution in [1.29, 1.82) is 0 Å². The van der Waals surface area contributed by atoms with Gasteiger partial charge in [-0.25, -0.2) is 9.78 Å². The summed E-state index contributed by atoms with van der Waals surface area (Å²) in [4.78, 5) is 54.4. The molecule has 0 saturated heterocycles. The Balaban J connectivity index is 1.82. The summed E-state index contributed by atoms with van der Waals surface area (Å²) in [6.45, 7) is -1.30. The Morgan fingerprint density at radius 1 is 1.03 bits per heavy atom. The molecule has 13 heteroatoms. The first-order valence-corrected chi connectivity index (χ1v) is 9.91. The predicted molar refractivity (Wildman–Crippen MR) is 114 cm³/mol. The van der Waals surface area contributed by atoms with Crippen molar-refractivity contribution in [1.82, 2.24) is 25.9 Å². The molecule has 13 nitrogen and oxygen atoms in total. The van der Waals surface area contributed by atoms with E-state index in [9.17, 15) is 34.5 Å². The van der Waals surface area contributed by atoms with Crippen molar-refractivity contribution >= 4 is 23.7 Å². The maximum atomic E-state index is 12.3. The Kier molecular flexibility index (Phi) is 9.32. The van der Waals surface area contributed by atoms with Crippen LogP contribution in [0.25, 0.3) is 0 Å². The van der Waals surface area contributed by atoms with Gasteiger partial charge in [-0.05, 0) is 24.1 Å². The van der Waals surface area contributed by atoms with Crippen LogP contribution in [-0.2, 0) is 32.0 Å². The highest BCUT2D eigenvalue weighted by Crippen LogP contribution is 2.10. The van der Waals surface area contributed by atoms with E-state index in [0.29, 0.717) is 11.3 Å². The van der Waals surface area contributed by atoms with Crippen molar-refractivity contribution in [2.45, 2.75) is 31.0 Å². The van der Waals surface area contributed by atoms with Crippen LogP contribution in [0.15, 0.2) is 36.8 Å². The molecule has 1 heterocycles. The SMILES string of the molecule is NC(Cc1ccc(O)cc1)C(=O)NCC(=O)NC(CO)C(=O)NC(Cc1cnc[nH]1)C(=O)O. The Hall–Kier alpha value is -3.97. The lowest BCUT2D eigenvalue weighted by atomic mass is 10.1. The Bertz CT molecular complexity index is 948. The average Bonchev–Trinajstić information content (AvgIpc) is 3.29. The molecule has 33 heavy (non-hydrogen) atoms. The first-order chi connectivity index (χ1) is 15.7. The predicted octanol–water partition coefficient (Wildman–Crippen LogP) is -2.61. The number of aromatic hydroxyl groups is 1. The first-order valence-electron chi connectivity index (χ1n) is 9.91. The van der Waals surface area contributed by atoms with E-state index in [1.165, 1.54) is 24.7 Å². The van der Waals surface area contributed by atoms with Crippen molar-refractivity contribution in [3.05, 3.63) is 48.0 Å². The molecule has 3 atom stereocenters. The second-order valence-corrected chi connectivity index (χ2v) is 7.18. The zero-order chi connectivity index (χ0) is 24.4. The normalized spacial score (nSPS) is 13.4. The van der Waals surface area contributed by atoms with E-state index in [2.05, 4.69) is 25.9 Å². The molecule has 9 N–H and O–H groups in total. The van der Waals surface area contributed by atoms with Crippen molar-refractivity contribution in [2.24, 2.45) is 5.73 Å². The summed E-state index contributed by atoms with van der Waals surface area (Å²) in [6.07, 6.45) is 2.85. The van der Waals surface area contributed by atoms with Gasteiger partial charge >= 0.3 is 5.97 Å². The fourth-order valence-electron chi connectivity index (χ4n) is 2.81. The van der Waals surface area contributed by atoms with Crippen LogP contribution in [0, 0.1) is 0 Å². The summed E-state index contributed by atoms with van der Waals surface area (Å²) in [7, 11) is 0. The summed E-state index contributed by atoms with van der Waals surface area (Å²) in [6, 6.07) is 2.42. The second-order valence-electron chi connectivity index (χ2n) is 7.18. The van der Waals surface area contributed by atoms with Gasteiger partial charge in [0.25, 0.3) is 0 Å². The summed E-state index contributed by atoms with van der Waals surface area (Å²) in [5, 5.41) is 34.8. The minimum Gasteiger partial charge on any atom is -0.508 e. The highest BCUT2D eigenvalue weighted by Gasteiger charge is 2.27. The molecule has 3 amide bonds. The van der Waals surface area contributed by atoms with E-state index in [-0.39, 0.29) is 18.6 Å². The summed E-state index contributed by atoms with van der Waals surface area (Å²) >= 11 is 0. The van der Waals surface area contributed by atoms with Crippen molar-refractivity contribution < 1.29 is 34.5 Å². The number of rotatable bonds is 12. The molecule has 3 unspecified atom stereocenters. The van der Waals surface area contributed by atoms with Crippen molar-refractivity contribution in [3.8, 4) is 5.75 Å². The molecule has 0 aliphatic heterocycles. The number of aromatic nitrogens is 2. The number of aliphatic hydroxyl groups is 1. The quantitative estimate of drug-likeness (QED) is 0.165. The standard InChI is InChI=1S/C20H26N6O7/c21-14(5-11-1-3-13(28)4-2-11)18(30)23-8-17(29)25-16(9-27)19(31)26-15(20(32)33)6-12-7-22-10-24-12/h1-4,7,10,14-16,27-28H,5-6,8-9,21H2,(H,22,24)(H,23,30)(H,25,29)(H,26,31)(H,32,33). The number of aromatic amines is 1. The number of carbonyl (C=O) groups excluding carboxylic acids is 3. The molecule has 0 aliphatic rings. The first kappa shape index (κ1) is 25.3. The molecule has 0 radical (unpaired) electrons. The molecule has 2 aromatic rings. The van der Waals surface area contributed by atoms with Gasteiger partial charge in [0.05, 0.1) is 25.5 Å². The highest BCUT2D eigenvalue weighted by molar-refractivity contribution is 5.92. The number of nitrogens with two attached hydrogens (primary N) is 1. The molecule has 0 bridgehead atoms. The number of nitrogens with one attached hydrogen (secondary N) is 4. The van der Waals surface area contributed by atoms with Crippen molar-refractivity contribution in [2.75, 3.05) is 13.2 Å². The zero-order valence-electron chi connectivity index (χ0n) is 17.5. The minimum atomic E-state index is -1.43. The number of H-pyrrole nitrogens is 1. The molecule has 0 fully saturated rings. The van der Waals surface area contributed by atoms with Gasteiger partial charge in [0, 0.05) is 18.3 Å². The summed E-state index contributed by atoms with van der Waals surface area (Å²) in [5.41, 5.74) is 6.99. The molecule has 1 aromatic heterocycles. The van der Waals surface area contributed by atoms with E-state index in [0.717, 1.165) is 0 Å². The van der Waals surface area contributed by atoms with Crippen LogP contribution in [-0.4, -0.2) is 80.3 Å². The van der Waals surface area contributed by atoms with E-state index >= 15 is 0 Å². The van der Waals surface area contributed by atoms with Gasteiger partial charge in [-0.2, -0.15) is 0 Å². The third-order valence-electron chi connectivity index (χ3n) is 4.58. The number of carbonyl (C=O) groups is 4. The highest BCUT2D eigenvalue weighted by atomic mass is 16.4. The molecule has 178 valence electrons. The molecule has 2 rings (SSSR count). The lowest BCUT2D eigenvalue weighted by Crippen LogP contribution is -2.55. The zero-order valence-corrected chi connectivity index (χ0v) is 17.5. The number of phenolic OH excluding ortho intramolecular Hbond substituents is 1. The second kappa shape index (κ2) is 12.2. The lowest BCUT2D eigenvalue weighted by Gasteiger charge is -2.20. The molecule has 0 saturated carbocycles. The van der Waals surface area contributed by atoms with Gasteiger partial charge in [-0.15, -0.1) is 0 Å².